The summed E-state index contributed by atoms with van der Waals surface area (Å²) in [4.78, 5) is 12.2. The predicted molar refractivity (Wildman–Crippen MR) is 149 cm³/mol. The summed E-state index contributed by atoms with van der Waals surface area (Å²) in [5.41, 5.74) is 1.19. The zero-order valence-electron chi connectivity index (χ0n) is 23.8. The van der Waals surface area contributed by atoms with Crippen LogP contribution in [-0.4, -0.2) is 64.8 Å². The normalized spacial score (nSPS) is 14.5. The number of quaternary nitrogens is 1. The first-order valence-electron chi connectivity index (χ1n) is 14.2. The number of ether oxygens (including phenoxy) is 2. The molecule has 0 amide bonds. The fourth-order valence-corrected chi connectivity index (χ4v) is 5.43. The molecule has 2 atom stereocenters. The lowest BCUT2D eigenvalue weighted by molar-refractivity contribution is -0.868. The molecule has 0 heterocycles. The number of methoxy groups -OCH3 is 1. The fraction of sp³-hybridized carbons (Fsp3) is 0.793. The van der Waals surface area contributed by atoms with Gasteiger partial charge < -0.3 is 27.9 Å². The van der Waals surface area contributed by atoms with E-state index in [9.17, 15) is 9.46 Å². The standard InChI is InChI=1S/C29H54NO5P/c1-6-7-8-9-10-11-12-13-14-15-16-17-20-27-21-18-19-22-29(27)34-25-28(33-5)26-35-36(31,32)24-23-30(2,3)4/h18-19,21-22,28H,6-17,20,23-26H2,1-5H3. The lowest BCUT2D eigenvalue weighted by atomic mass is 10.0. The van der Waals surface area contributed by atoms with Gasteiger partial charge in [0.1, 0.15) is 26.1 Å². The third kappa shape index (κ3) is 17.5. The molecular formula is C29H54NO5P. The van der Waals surface area contributed by atoms with E-state index >= 15 is 0 Å². The molecule has 0 spiro atoms. The van der Waals surface area contributed by atoms with Gasteiger partial charge in [-0.2, -0.15) is 0 Å². The van der Waals surface area contributed by atoms with Crippen LogP contribution in [0.5, 0.6) is 5.75 Å². The molecule has 0 aromatic heterocycles. The molecule has 0 radical (unpaired) electrons. The van der Waals surface area contributed by atoms with Gasteiger partial charge in [-0.3, -0.25) is 0 Å². The van der Waals surface area contributed by atoms with Crippen LogP contribution in [0.25, 0.3) is 0 Å². The van der Waals surface area contributed by atoms with Crippen LogP contribution in [0, 0.1) is 0 Å². The van der Waals surface area contributed by atoms with Crippen LogP contribution in [-0.2, 0) is 20.2 Å². The molecular weight excluding hydrogens is 473 g/mol. The van der Waals surface area contributed by atoms with Crippen molar-refractivity contribution in [2.45, 2.75) is 96.5 Å². The van der Waals surface area contributed by atoms with Gasteiger partial charge in [0, 0.05) is 7.11 Å². The highest BCUT2D eigenvalue weighted by Gasteiger charge is 2.18. The zero-order chi connectivity index (χ0) is 26.7. The average Bonchev–Trinajstić information content (AvgIpc) is 2.84. The molecule has 210 valence electrons. The number of para-hydroxylation sites is 1. The molecule has 0 fully saturated rings. The maximum absolute atomic E-state index is 12.2. The van der Waals surface area contributed by atoms with E-state index in [0.717, 1.165) is 18.6 Å². The topological polar surface area (TPSA) is 67.8 Å². The van der Waals surface area contributed by atoms with Gasteiger partial charge in [0.05, 0.1) is 40.5 Å². The lowest BCUT2D eigenvalue weighted by Gasteiger charge is -2.30. The van der Waals surface area contributed by atoms with Crippen LogP contribution in [0.3, 0.4) is 0 Å². The SMILES string of the molecule is CCCCCCCCCCCCCCc1ccccc1OCC(COP(=O)([O-])CC[N+](C)(C)C)OC. The smallest absolute Gasteiger partial charge is 0.140 e. The summed E-state index contributed by atoms with van der Waals surface area (Å²) >= 11 is 0. The maximum atomic E-state index is 12.2. The van der Waals surface area contributed by atoms with Crippen molar-refractivity contribution in [3.8, 4) is 5.75 Å². The molecule has 0 bridgehead atoms. The van der Waals surface area contributed by atoms with Gasteiger partial charge in [0.15, 0.2) is 0 Å². The molecule has 0 aliphatic heterocycles. The van der Waals surface area contributed by atoms with Crippen molar-refractivity contribution >= 4 is 7.60 Å². The summed E-state index contributed by atoms with van der Waals surface area (Å²) in [6.07, 6.45) is 16.6. The quantitative estimate of drug-likeness (QED) is 0.0911. The molecule has 1 aromatic rings. The molecule has 36 heavy (non-hydrogen) atoms. The number of aryl methyl sites for hydroxylation is 1. The Labute approximate surface area is 221 Å². The number of benzene rings is 1. The second kappa shape index (κ2) is 19.2. The number of nitrogens with zero attached hydrogens (tertiary/aromatic N) is 1. The minimum absolute atomic E-state index is 0.00960. The van der Waals surface area contributed by atoms with E-state index in [1.807, 2.05) is 39.3 Å². The van der Waals surface area contributed by atoms with Gasteiger partial charge >= 0.3 is 0 Å². The minimum Gasteiger partial charge on any atom is -0.778 e. The van der Waals surface area contributed by atoms with Crippen LogP contribution >= 0.6 is 7.60 Å². The van der Waals surface area contributed by atoms with Gasteiger partial charge in [0.25, 0.3) is 0 Å². The Hall–Kier alpha value is -0.910. The van der Waals surface area contributed by atoms with Gasteiger partial charge in [-0.05, 0) is 24.5 Å². The Morgan fingerprint density at radius 2 is 1.42 bits per heavy atom. The van der Waals surface area contributed by atoms with Crippen molar-refractivity contribution in [3.05, 3.63) is 29.8 Å². The number of rotatable bonds is 23. The van der Waals surface area contributed by atoms with E-state index in [-0.39, 0.29) is 19.4 Å². The molecule has 6 nitrogen and oxygen atoms in total. The molecule has 1 rings (SSSR count). The highest BCUT2D eigenvalue weighted by atomic mass is 31.2. The number of hydrogen-bond donors (Lipinski definition) is 0. The van der Waals surface area contributed by atoms with Crippen molar-refractivity contribution in [2.75, 3.05) is 54.2 Å². The van der Waals surface area contributed by atoms with Gasteiger partial charge in [-0.25, -0.2) is 0 Å². The fourth-order valence-electron chi connectivity index (χ4n) is 4.06. The Kier molecular flexibility index (Phi) is 17.7. The van der Waals surface area contributed by atoms with Crippen LogP contribution < -0.4 is 9.63 Å². The van der Waals surface area contributed by atoms with Crippen molar-refractivity contribution in [1.29, 1.82) is 0 Å². The summed E-state index contributed by atoms with van der Waals surface area (Å²) in [7, 11) is 3.53. The molecule has 0 aliphatic carbocycles. The van der Waals surface area contributed by atoms with Crippen LogP contribution in [0.15, 0.2) is 24.3 Å². The molecule has 0 saturated carbocycles. The monoisotopic (exact) mass is 527 g/mol. The predicted octanol–water partition coefficient (Wildman–Crippen LogP) is 6.60. The summed E-state index contributed by atoms with van der Waals surface area (Å²) in [5, 5.41) is 0. The van der Waals surface area contributed by atoms with Gasteiger partial charge in [-0.15, -0.1) is 0 Å². The summed E-state index contributed by atoms with van der Waals surface area (Å²) in [6, 6.07) is 8.10. The van der Waals surface area contributed by atoms with Crippen molar-refractivity contribution in [3.63, 3.8) is 0 Å². The largest absolute Gasteiger partial charge is 0.778 e. The Balaban J connectivity index is 2.28. The number of hydrogen-bond acceptors (Lipinski definition) is 5. The molecule has 0 N–H and O–H groups in total. The maximum Gasteiger partial charge on any atom is 0.140 e. The van der Waals surface area contributed by atoms with Crippen molar-refractivity contribution in [2.24, 2.45) is 0 Å². The first-order chi connectivity index (χ1) is 17.2. The Bertz CT molecular complexity index is 722. The highest BCUT2D eigenvalue weighted by Crippen LogP contribution is 2.37. The third-order valence-electron chi connectivity index (χ3n) is 6.53. The van der Waals surface area contributed by atoms with Crippen LogP contribution in [0.1, 0.15) is 89.5 Å². The second-order valence-corrected chi connectivity index (χ2v) is 13.0. The van der Waals surface area contributed by atoms with Crippen LogP contribution in [0.4, 0.5) is 0 Å². The lowest BCUT2D eigenvalue weighted by Crippen LogP contribution is -2.38. The molecule has 2 unspecified atom stereocenters. The summed E-state index contributed by atoms with van der Waals surface area (Å²) in [5.74, 6) is 0.845. The third-order valence-corrected chi connectivity index (χ3v) is 7.82. The summed E-state index contributed by atoms with van der Waals surface area (Å²) < 4.78 is 29.5. The van der Waals surface area contributed by atoms with E-state index < -0.39 is 13.7 Å². The van der Waals surface area contributed by atoms with E-state index in [1.54, 1.807) is 7.11 Å². The van der Waals surface area contributed by atoms with E-state index in [1.165, 1.54) is 76.2 Å². The highest BCUT2D eigenvalue weighted by molar-refractivity contribution is 7.51. The second-order valence-electron chi connectivity index (χ2n) is 11.1. The van der Waals surface area contributed by atoms with E-state index in [2.05, 4.69) is 13.0 Å². The van der Waals surface area contributed by atoms with Crippen molar-refractivity contribution in [1.82, 2.24) is 0 Å². The Morgan fingerprint density at radius 1 is 0.861 bits per heavy atom. The Morgan fingerprint density at radius 3 is 1.97 bits per heavy atom. The van der Waals surface area contributed by atoms with Crippen LogP contribution in [0.2, 0.25) is 0 Å². The first kappa shape index (κ1) is 33.1. The molecule has 0 saturated heterocycles. The minimum atomic E-state index is -3.90. The molecule has 0 aliphatic rings. The van der Waals surface area contributed by atoms with Gasteiger partial charge in [-0.1, -0.05) is 95.8 Å². The van der Waals surface area contributed by atoms with E-state index in [4.69, 9.17) is 14.0 Å². The number of unbranched alkanes of at least 4 members (excludes halogenated alkanes) is 11. The van der Waals surface area contributed by atoms with Gasteiger partial charge in [0.2, 0.25) is 0 Å². The molecule has 1 aromatic carbocycles. The average molecular weight is 528 g/mol. The first-order valence-corrected chi connectivity index (χ1v) is 15.9. The summed E-state index contributed by atoms with van der Waals surface area (Å²) in [6.45, 7) is 2.99. The van der Waals surface area contributed by atoms with E-state index in [0.29, 0.717) is 11.0 Å². The molecule has 7 heteroatoms. The van der Waals surface area contributed by atoms with Crippen molar-refractivity contribution < 1.29 is 27.9 Å². The zero-order valence-corrected chi connectivity index (χ0v) is 24.7.